The molecule has 0 saturated heterocycles. The summed E-state index contributed by atoms with van der Waals surface area (Å²) in [4.78, 5) is 0. The van der Waals surface area contributed by atoms with Gasteiger partial charge in [0.25, 0.3) is 0 Å². The molecule has 0 radical (unpaired) electrons. The fourth-order valence-electron chi connectivity index (χ4n) is 1.83. The van der Waals surface area contributed by atoms with E-state index in [0.717, 1.165) is 29.0 Å². The van der Waals surface area contributed by atoms with Gasteiger partial charge >= 0.3 is 0 Å². The molecule has 0 atom stereocenters. The fraction of sp³-hybridized carbons (Fsp3) is 0.111. The summed E-state index contributed by atoms with van der Waals surface area (Å²) in [5, 5.41) is 0. The zero-order valence-electron chi connectivity index (χ0n) is 12.1. The molecule has 0 aliphatic rings. The molecule has 0 heterocycles. The van der Waals surface area contributed by atoms with Crippen molar-refractivity contribution in [3.63, 3.8) is 0 Å². The van der Waals surface area contributed by atoms with Crippen molar-refractivity contribution in [1.29, 1.82) is 0 Å². The number of halogens is 4. The molecule has 1 nitrogen and oxygen atoms in total. The lowest BCUT2D eigenvalue weighted by Gasteiger charge is -2.00. The van der Waals surface area contributed by atoms with Crippen LogP contribution in [0.15, 0.2) is 66.4 Å². The van der Waals surface area contributed by atoms with Crippen molar-refractivity contribution in [3.8, 4) is 0 Å². The first kappa shape index (κ1) is 19.1. The SMILES string of the molecule is Brc1ccc(C=CCOCC=Cc2ccc(Br)cc2Br)c(Br)c1. The third-order valence-corrected chi connectivity index (χ3v) is 5.31. The van der Waals surface area contributed by atoms with Crippen LogP contribution in [-0.2, 0) is 4.74 Å². The molecule has 2 aromatic rings. The van der Waals surface area contributed by atoms with E-state index in [-0.39, 0.29) is 0 Å². The molecule has 0 amide bonds. The van der Waals surface area contributed by atoms with Crippen molar-refractivity contribution in [3.05, 3.63) is 77.6 Å². The number of hydrogen-bond donors (Lipinski definition) is 0. The summed E-state index contributed by atoms with van der Waals surface area (Å²) in [5.41, 5.74) is 2.26. The average Bonchev–Trinajstić information content (AvgIpc) is 2.50. The Balaban J connectivity index is 1.77. The largest absolute Gasteiger partial charge is 0.373 e. The molecule has 2 aromatic carbocycles. The molecule has 0 unspecified atom stereocenters. The highest BCUT2D eigenvalue weighted by Gasteiger charge is 1.97. The average molecular weight is 566 g/mol. The van der Waals surface area contributed by atoms with E-state index in [2.05, 4.69) is 75.9 Å². The van der Waals surface area contributed by atoms with Crippen molar-refractivity contribution < 1.29 is 4.74 Å². The zero-order valence-corrected chi connectivity index (χ0v) is 18.5. The van der Waals surface area contributed by atoms with E-state index in [4.69, 9.17) is 4.74 Å². The molecule has 120 valence electrons. The highest BCUT2D eigenvalue weighted by Crippen LogP contribution is 2.23. The summed E-state index contributed by atoms with van der Waals surface area (Å²) in [6.07, 6.45) is 8.12. The minimum absolute atomic E-state index is 0.578. The van der Waals surface area contributed by atoms with Crippen LogP contribution >= 0.6 is 63.7 Å². The fourth-order valence-corrected chi connectivity index (χ4v) is 4.19. The molecule has 5 heteroatoms. The van der Waals surface area contributed by atoms with Crippen LogP contribution in [0.1, 0.15) is 11.1 Å². The second kappa shape index (κ2) is 9.94. The Morgan fingerprint density at radius 2 is 1.13 bits per heavy atom. The minimum atomic E-state index is 0.578. The summed E-state index contributed by atoms with van der Waals surface area (Å²) in [6, 6.07) is 12.2. The maximum absolute atomic E-state index is 5.58. The van der Waals surface area contributed by atoms with Gasteiger partial charge in [-0.2, -0.15) is 0 Å². The van der Waals surface area contributed by atoms with Gasteiger partial charge in [0, 0.05) is 17.9 Å². The molecule has 23 heavy (non-hydrogen) atoms. The van der Waals surface area contributed by atoms with Gasteiger partial charge in [0.15, 0.2) is 0 Å². The highest BCUT2D eigenvalue weighted by molar-refractivity contribution is 9.11. The predicted octanol–water partition coefficient (Wildman–Crippen LogP) is 7.48. The molecule has 0 spiro atoms. The number of rotatable bonds is 6. The number of ether oxygens (including phenoxy) is 1. The van der Waals surface area contributed by atoms with Gasteiger partial charge in [-0.3, -0.25) is 0 Å². The van der Waals surface area contributed by atoms with Crippen LogP contribution in [0.5, 0.6) is 0 Å². The Morgan fingerprint density at radius 1 is 0.696 bits per heavy atom. The smallest absolute Gasteiger partial charge is 0.0655 e. The zero-order chi connectivity index (χ0) is 16.7. The van der Waals surface area contributed by atoms with Crippen molar-refractivity contribution in [2.24, 2.45) is 0 Å². The lowest BCUT2D eigenvalue weighted by atomic mass is 10.2. The van der Waals surface area contributed by atoms with E-state index in [1.807, 2.05) is 48.6 Å². The molecular formula is C18H14Br4O. The monoisotopic (exact) mass is 562 g/mol. The van der Waals surface area contributed by atoms with Gasteiger partial charge in [0.1, 0.15) is 0 Å². The summed E-state index contributed by atoms with van der Waals surface area (Å²) in [7, 11) is 0. The summed E-state index contributed by atoms with van der Waals surface area (Å²) >= 11 is 14.0. The van der Waals surface area contributed by atoms with Crippen molar-refractivity contribution in [2.45, 2.75) is 0 Å². The van der Waals surface area contributed by atoms with E-state index < -0.39 is 0 Å². The summed E-state index contributed by atoms with van der Waals surface area (Å²) < 4.78 is 9.81. The number of hydrogen-bond acceptors (Lipinski definition) is 1. The highest BCUT2D eigenvalue weighted by atomic mass is 79.9. The molecule has 0 bridgehead atoms. The van der Waals surface area contributed by atoms with Gasteiger partial charge in [0.05, 0.1) is 13.2 Å². The quantitative estimate of drug-likeness (QED) is 0.330. The van der Waals surface area contributed by atoms with E-state index in [9.17, 15) is 0 Å². The maximum atomic E-state index is 5.58. The maximum Gasteiger partial charge on any atom is 0.0655 e. The van der Waals surface area contributed by atoms with Crippen LogP contribution in [-0.4, -0.2) is 13.2 Å². The second-order valence-corrected chi connectivity index (χ2v) is 8.21. The summed E-state index contributed by atoms with van der Waals surface area (Å²) in [5.74, 6) is 0. The van der Waals surface area contributed by atoms with E-state index >= 15 is 0 Å². The molecule has 0 saturated carbocycles. The van der Waals surface area contributed by atoms with Crippen molar-refractivity contribution >= 4 is 75.9 Å². The Hall–Kier alpha value is -0.200. The second-order valence-electron chi connectivity index (χ2n) is 4.67. The Kier molecular flexibility index (Phi) is 8.27. The molecule has 0 N–H and O–H groups in total. The van der Waals surface area contributed by atoms with Gasteiger partial charge in [-0.05, 0) is 35.4 Å². The van der Waals surface area contributed by atoms with Crippen LogP contribution in [0.3, 0.4) is 0 Å². The van der Waals surface area contributed by atoms with Gasteiger partial charge in [-0.25, -0.2) is 0 Å². The normalized spacial score (nSPS) is 11.7. The lowest BCUT2D eigenvalue weighted by molar-refractivity contribution is 0.195. The van der Waals surface area contributed by atoms with E-state index in [1.165, 1.54) is 0 Å². The van der Waals surface area contributed by atoms with Gasteiger partial charge < -0.3 is 4.74 Å². The van der Waals surface area contributed by atoms with E-state index in [0.29, 0.717) is 13.2 Å². The Labute approximate surface area is 170 Å². The summed E-state index contributed by atoms with van der Waals surface area (Å²) in [6.45, 7) is 1.16. The molecular weight excluding hydrogens is 552 g/mol. The standard InChI is InChI=1S/C18H14Br4O/c19-15-7-5-13(17(21)11-15)3-1-9-23-10-2-4-14-6-8-16(20)12-18(14)22/h1-8,11-12H,9-10H2. The Morgan fingerprint density at radius 3 is 1.52 bits per heavy atom. The molecule has 0 aromatic heterocycles. The molecule has 0 fully saturated rings. The Bertz CT molecular complexity index is 661. The van der Waals surface area contributed by atoms with Crippen LogP contribution in [0.4, 0.5) is 0 Å². The first-order valence-corrected chi connectivity index (χ1v) is 10.0. The first-order chi connectivity index (χ1) is 11.1. The molecule has 0 aliphatic heterocycles. The minimum Gasteiger partial charge on any atom is -0.373 e. The van der Waals surface area contributed by atoms with Crippen LogP contribution in [0, 0.1) is 0 Å². The van der Waals surface area contributed by atoms with Gasteiger partial charge in [-0.15, -0.1) is 0 Å². The predicted molar refractivity (Wildman–Crippen MR) is 113 cm³/mol. The van der Waals surface area contributed by atoms with Crippen LogP contribution in [0.25, 0.3) is 12.2 Å². The lowest BCUT2D eigenvalue weighted by Crippen LogP contribution is -1.90. The molecule has 2 rings (SSSR count). The topological polar surface area (TPSA) is 9.23 Å². The first-order valence-electron chi connectivity index (χ1n) is 6.87. The molecule has 0 aliphatic carbocycles. The van der Waals surface area contributed by atoms with Gasteiger partial charge in [0.2, 0.25) is 0 Å². The number of benzene rings is 2. The van der Waals surface area contributed by atoms with E-state index in [1.54, 1.807) is 0 Å². The third kappa shape index (κ3) is 6.67. The van der Waals surface area contributed by atoms with Crippen LogP contribution < -0.4 is 0 Å². The van der Waals surface area contributed by atoms with Crippen molar-refractivity contribution in [2.75, 3.05) is 13.2 Å². The van der Waals surface area contributed by atoms with Crippen LogP contribution in [0.2, 0.25) is 0 Å². The van der Waals surface area contributed by atoms with Crippen molar-refractivity contribution in [1.82, 2.24) is 0 Å². The third-order valence-electron chi connectivity index (χ3n) is 2.95. The van der Waals surface area contributed by atoms with Gasteiger partial charge in [-0.1, -0.05) is 100 Å².